The standard InChI is InChI=1S/C11H15F2NO2S2/c1-8(7-17-2)14-9-3-5-10(6-4-9)18(15,16)11(12)13/h3-6,8,11,14H,7H2,1-2H3. The third-order valence-corrected chi connectivity index (χ3v) is 4.48. The van der Waals surface area contributed by atoms with Crippen molar-refractivity contribution in [3.63, 3.8) is 0 Å². The molecule has 18 heavy (non-hydrogen) atoms. The molecule has 1 unspecified atom stereocenters. The molecule has 1 aromatic carbocycles. The van der Waals surface area contributed by atoms with Crippen LogP contribution in [0.15, 0.2) is 29.2 Å². The van der Waals surface area contributed by atoms with E-state index in [1.807, 2.05) is 13.2 Å². The lowest BCUT2D eigenvalue weighted by atomic mass is 10.3. The molecule has 0 heterocycles. The minimum atomic E-state index is -4.50. The number of hydrogen-bond donors (Lipinski definition) is 1. The second-order valence-electron chi connectivity index (χ2n) is 3.83. The van der Waals surface area contributed by atoms with Crippen LogP contribution in [0.5, 0.6) is 0 Å². The fourth-order valence-electron chi connectivity index (χ4n) is 1.42. The first-order chi connectivity index (χ1) is 8.37. The number of alkyl halides is 2. The molecule has 1 aromatic rings. The van der Waals surface area contributed by atoms with Crippen LogP contribution >= 0.6 is 11.8 Å². The maximum atomic E-state index is 12.3. The Bertz CT molecular complexity index is 474. The van der Waals surface area contributed by atoms with Crippen LogP contribution in [-0.2, 0) is 9.84 Å². The van der Waals surface area contributed by atoms with Gasteiger partial charge in [-0.05, 0) is 37.4 Å². The first-order valence-corrected chi connectivity index (χ1v) is 8.19. The Labute approximate surface area is 110 Å². The minimum absolute atomic E-state index is 0.220. The van der Waals surface area contributed by atoms with Crippen molar-refractivity contribution in [2.75, 3.05) is 17.3 Å². The lowest BCUT2D eigenvalue weighted by Crippen LogP contribution is -2.17. The van der Waals surface area contributed by atoms with Crippen molar-refractivity contribution in [2.45, 2.75) is 23.6 Å². The van der Waals surface area contributed by atoms with E-state index in [0.29, 0.717) is 5.69 Å². The average Bonchev–Trinajstić information content (AvgIpc) is 2.29. The van der Waals surface area contributed by atoms with Crippen LogP contribution in [0.1, 0.15) is 6.92 Å². The average molecular weight is 295 g/mol. The molecule has 3 nitrogen and oxygen atoms in total. The highest BCUT2D eigenvalue weighted by Crippen LogP contribution is 2.20. The maximum Gasteiger partial charge on any atom is 0.341 e. The molecule has 0 saturated carbocycles. The highest BCUT2D eigenvalue weighted by Gasteiger charge is 2.26. The van der Waals surface area contributed by atoms with E-state index >= 15 is 0 Å². The van der Waals surface area contributed by atoms with E-state index in [-0.39, 0.29) is 10.9 Å². The van der Waals surface area contributed by atoms with Gasteiger partial charge in [-0.1, -0.05) is 0 Å². The van der Waals surface area contributed by atoms with Crippen LogP contribution in [0.25, 0.3) is 0 Å². The molecule has 0 bridgehead atoms. The van der Waals surface area contributed by atoms with Gasteiger partial charge in [-0.2, -0.15) is 20.5 Å². The van der Waals surface area contributed by atoms with Gasteiger partial charge in [0.2, 0.25) is 9.84 Å². The Balaban J connectivity index is 2.81. The summed E-state index contributed by atoms with van der Waals surface area (Å²) in [5, 5.41) is 3.15. The van der Waals surface area contributed by atoms with Crippen molar-refractivity contribution >= 4 is 27.3 Å². The van der Waals surface area contributed by atoms with Crippen molar-refractivity contribution in [1.82, 2.24) is 0 Å². The summed E-state index contributed by atoms with van der Waals surface area (Å²) in [5.74, 6) is -2.48. The molecule has 0 amide bonds. The molecule has 0 fully saturated rings. The van der Waals surface area contributed by atoms with Crippen molar-refractivity contribution in [3.8, 4) is 0 Å². The Hall–Kier alpha value is -0.820. The van der Waals surface area contributed by atoms with Crippen LogP contribution in [-0.4, -0.2) is 32.2 Å². The highest BCUT2D eigenvalue weighted by molar-refractivity contribution is 7.98. The van der Waals surface area contributed by atoms with E-state index in [1.165, 1.54) is 24.3 Å². The fourth-order valence-corrected chi connectivity index (χ4v) is 2.72. The lowest BCUT2D eigenvalue weighted by molar-refractivity contribution is 0.234. The topological polar surface area (TPSA) is 46.2 Å². The summed E-state index contributed by atoms with van der Waals surface area (Å²) in [7, 11) is -4.50. The van der Waals surface area contributed by atoms with Crippen molar-refractivity contribution < 1.29 is 17.2 Å². The van der Waals surface area contributed by atoms with Crippen molar-refractivity contribution in [1.29, 1.82) is 0 Å². The van der Waals surface area contributed by atoms with E-state index in [0.717, 1.165) is 5.75 Å². The summed E-state index contributed by atoms with van der Waals surface area (Å²) >= 11 is 1.68. The first-order valence-electron chi connectivity index (χ1n) is 5.25. The molecule has 0 radical (unpaired) electrons. The number of thioether (sulfide) groups is 1. The summed E-state index contributed by atoms with van der Waals surface area (Å²) in [6.07, 6.45) is 1.98. The molecule has 0 aromatic heterocycles. The molecule has 0 aliphatic rings. The quantitative estimate of drug-likeness (QED) is 0.876. The number of rotatable bonds is 6. The zero-order valence-electron chi connectivity index (χ0n) is 10.1. The van der Waals surface area contributed by atoms with Crippen LogP contribution < -0.4 is 5.32 Å². The number of sulfone groups is 1. The van der Waals surface area contributed by atoms with E-state index < -0.39 is 15.6 Å². The Morgan fingerprint density at radius 1 is 1.28 bits per heavy atom. The van der Waals surface area contributed by atoms with Gasteiger partial charge in [0, 0.05) is 17.5 Å². The van der Waals surface area contributed by atoms with E-state index in [9.17, 15) is 17.2 Å². The molecule has 1 rings (SSSR count). The van der Waals surface area contributed by atoms with Gasteiger partial charge in [0.05, 0.1) is 4.90 Å². The summed E-state index contributed by atoms with van der Waals surface area (Å²) in [4.78, 5) is -0.361. The smallest absolute Gasteiger partial charge is 0.341 e. The molecule has 7 heteroatoms. The Morgan fingerprint density at radius 2 is 1.83 bits per heavy atom. The van der Waals surface area contributed by atoms with Gasteiger partial charge < -0.3 is 5.32 Å². The molecule has 0 saturated heterocycles. The highest BCUT2D eigenvalue weighted by atomic mass is 32.2. The maximum absolute atomic E-state index is 12.3. The zero-order valence-corrected chi connectivity index (χ0v) is 11.7. The van der Waals surface area contributed by atoms with Gasteiger partial charge >= 0.3 is 5.76 Å². The predicted molar refractivity (Wildman–Crippen MR) is 71.1 cm³/mol. The van der Waals surface area contributed by atoms with Gasteiger partial charge in [0.1, 0.15) is 0 Å². The number of nitrogens with one attached hydrogen (secondary N) is 1. The van der Waals surface area contributed by atoms with Gasteiger partial charge in [0.15, 0.2) is 0 Å². The largest absolute Gasteiger partial charge is 0.382 e. The zero-order chi connectivity index (χ0) is 13.8. The second-order valence-corrected chi connectivity index (χ2v) is 6.66. The fraction of sp³-hybridized carbons (Fsp3) is 0.455. The van der Waals surface area contributed by atoms with Crippen LogP contribution in [0.3, 0.4) is 0 Å². The molecule has 0 spiro atoms. The predicted octanol–water partition coefficient (Wildman–Crippen LogP) is 2.85. The Morgan fingerprint density at radius 3 is 2.28 bits per heavy atom. The molecule has 0 aliphatic heterocycles. The monoisotopic (exact) mass is 295 g/mol. The van der Waals surface area contributed by atoms with Gasteiger partial charge in [-0.25, -0.2) is 8.42 Å². The van der Waals surface area contributed by atoms with E-state index in [4.69, 9.17) is 0 Å². The number of anilines is 1. The first kappa shape index (κ1) is 15.2. The summed E-state index contributed by atoms with van der Waals surface area (Å²) in [6.45, 7) is 1.99. The van der Waals surface area contributed by atoms with Gasteiger partial charge in [0.25, 0.3) is 0 Å². The molecular formula is C11H15F2NO2S2. The normalized spacial score (nSPS) is 13.6. The summed E-state index contributed by atoms with van der Waals surface area (Å²) < 4.78 is 47.0. The third kappa shape index (κ3) is 3.84. The van der Waals surface area contributed by atoms with Gasteiger partial charge in [-0.3, -0.25) is 0 Å². The third-order valence-electron chi connectivity index (χ3n) is 2.25. The molecule has 1 atom stereocenters. The molecule has 102 valence electrons. The van der Waals surface area contributed by atoms with Crippen LogP contribution in [0, 0.1) is 0 Å². The summed E-state index contributed by atoms with van der Waals surface area (Å²) in [6, 6.07) is 5.58. The van der Waals surface area contributed by atoms with Crippen molar-refractivity contribution in [3.05, 3.63) is 24.3 Å². The SMILES string of the molecule is CSCC(C)Nc1ccc(S(=O)(=O)C(F)F)cc1. The van der Waals surface area contributed by atoms with E-state index in [2.05, 4.69) is 5.32 Å². The number of halogens is 2. The Kier molecular flexibility index (Phi) is 5.40. The van der Waals surface area contributed by atoms with E-state index in [1.54, 1.807) is 11.8 Å². The summed E-state index contributed by atoms with van der Waals surface area (Å²) in [5.41, 5.74) is 0.713. The number of benzene rings is 1. The van der Waals surface area contributed by atoms with Gasteiger partial charge in [-0.15, -0.1) is 0 Å². The van der Waals surface area contributed by atoms with Crippen LogP contribution in [0.4, 0.5) is 14.5 Å². The molecular weight excluding hydrogens is 280 g/mol. The molecule has 1 N–H and O–H groups in total. The number of hydrogen-bond acceptors (Lipinski definition) is 4. The molecule has 0 aliphatic carbocycles. The van der Waals surface area contributed by atoms with Crippen molar-refractivity contribution in [2.24, 2.45) is 0 Å². The minimum Gasteiger partial charge on any atom is -0.382 e. The second kappa shape index (κ2) is 6.38. The van der Waals surface area contributed by atoms with Crippen LogP contribution in [0.2, 0.25) is 0 Å². The lowest BCUT2D eigenvalue weighted by Gasteiger charge is -2.14.